The Balaban J connectivity index is 1.93. The van der Waals surface area contributed by atoms with Crippen molar-refractivity contribution < 1.29 is 0 Å². The van der Waals surface area contributed by atoms with E-state index in [1.54, 1.807) is 0 Å². The van der Waals surface area contributed by atoms with E-state index >= 15 is 0 Å². The van der Waals surface area contributed by atoms with Gasteiger partial charge in [0.15, 0.2) is 0 Å². The predicted molar refractivity (Wildman–Crippen MR) is 103 cm³/mol. The molecule has 2 aromatic carbocycles. The van der Waals surface area contributed by atoms with Gasteiger partial charge in [0, 0.05) is 38.5 Å². The molecule has 0 N–H and O–H groups in total. The molecule has 0 aliphatic rings. The van der Waals surface area contributed by atoms with Crippen LogP contribution in [0.15, 0.2) is 60.7 Å². The molecule has 0 aliphatic carbocycles. The normalized spacial score (nSPS) is 11.3. The minimum Gasteiger partial charge on any atom is -0.304 e. The van der Waals surface area contributed by atoms with Gasteiger partial charge in [-0.3, -0.25) is 4.90 Å². The monoisotopic (exact) mass is 328 g/mol. The van der Waals surface area contributed by atoms with E-state index in [1.807, 2.05) is 11.8 Å². The molecule has 0 aliphatic heterocycles. The molecule has 0 atom stereocenters. The van der Waals surface area contributed by atoms with Gasteiger partial charge in [0.1, 0.15) is 0 Å². The molecule has 0 radical (unpaired) electrons. The van der Waals surface area contributed by atoms with Crippen LogP contribution in [-0.2, 0) is 13.1 Å². The Morgan fingerprint density at radius 1 is 0.739 bits per heavy atom. The van der Waals surface area contributed by atoms with Crippen LogP contribution in [0.1, 0.15) is 11.1 Å². The first-order valence-corrected chi connectivity index (χ1v) is 9.65. The summed E-state index contributed by atoms with van der Waals surface area (Å²) >= 11 is 1.91. The molecule has 0 spiro atoms. The van der Waals surface area contributed by atoms with E-state index < -0.39 is 0 Å². The first-order chi connectivity index (χ1) is 11.3. The van der Waals surface area contributed by atoms with Crippen LogP contribution < -0.4 is 0 Å². The minimum absolute atomic E-state index is 1.01. The molecule has 2 rings (SSSR count). The van der Waals surface area contributed by atoms with Crippen LogP contribution in [-0.4, -0.2) is 48.5 Å². The van der Waals surface area contributed by atoms with E-state index in [0.717, 1.165) is 32.7 Å². The van der Waals surface area contributed by atoms with E-state index in [1.165, 1.54) is 16.9 Å². The topological polar surface area (TPSA) is 6.48 Å². The lowest BCUT2D eigenvalue weighted by molar-refractivity contribution is 0.216. The van der Waals surface area contributed by atoms with E-state index in [-0.39, 0.29) is 0 Å². The third-order valence-electron chi connectivity index (χ3n) is 3.97. The van der Waals surface area contributed by atoms with Gasteiger partial charge in [-0.1, -0.05) is 60.7 Å². The summed E-state index contributed by atoms with van der Waals surface area (Å²) in [6.07, 6.45) is 2.17. The van der Waals surface area contributed by atoms with Crippen LogP contribution in [0.2, 0.25) is 0 Å². The maximum atomic E-state index is 2.54. The van der Waals surface area contributed by atoms with Crippen LogP contribution in [0.25, 0.3) is 0 Å². The van der Waals surface area contributed by atoms with Crippen molar-refractivity contribution in [3.05, 3.63) is 71.8 Å². The Morgan fingerprint density at radius 3 is 1.74 bits per heavy atom. The fourth-order valence-electron chi connectivity index (χ4n) is 2.57. The van der Waals surface area contributed by atoms with Crippen molar-refractivity contribution >= 4 is 11.8 Å². The van der Waals surface area contributed by atoms with Crippen molar-refractivity contribution in [1.29, 1.82) is 0 Å². The van der Waals surface area contributed by atoms with Crippen LogP contribution in [0.3, 0.4) is 0 Å². The molecule has 2 nitrogen and oxygen atoms in total. The Bertz CT molecular complexity index is 488. The van der Waals surface area contributed by atoms with Crippen molar-refractivity contribution in [2.45, 2.75) is 13.1 Å². The highest BCUT2D eigenvalue weighted by Crippen LogP contribution is 2.10. The van der Waals surface area contributed by atoms with Gasteiger partial charge < -0.3 is 4.90 Å². The summed E-state index contributed by atoms with van der Waals surface area (Å²) in [6.45, 7) is 5.37. The van der Waals surface area contributed by atoms with E-state index in [9.17, 15) is 0 Å². The molecule has 0 saturated heterocycles. The van der Waals surface area contributed by atoms with Crippen LogP contribution >= 0.6 is 11.8 Å². The second-order valence-electron chi connectivity index (χ2n) is 5.98. The molecule has 0 heterocycles. The summed E-state index contributed by atoms with van der Waals surface area (Å²) in [5, 5.41) is 0. The highest BCUT2D eigenvalue weighted by molar-refractivity contribution is 7.98. The van der Waals surface area contributed by atoms with Crippen molar-refractivity contribution in [2.75, 3.05) is 38.7 Å². The molecule has 0 saturated carbocycles. The standard InChI is InChI=1S/C20H28N2S/c1-21(15-16-23-2)13-14-22(17-19-9-5-3-6-10-19)18-20-11-7-4-8-12-20/h3-12H,13-18H2,1-2H3. The molecule has 0 unspecified atom stereocenters. The number of thioether (sulfide) groups is 1. The van der Waals surface area contributed by atoms with Crippen LogP contribution in [0, 0.1) is 0 Å². The molecule has 0 aromatic heterocycles. The zero-order valence-electron chi connectivity index (χ0n) is 14.3. The molecule has 23 heavy (non-hydrogen) atoms. The number of nitrogens with zero attached hydrogens (tertiary/aromatic N) is 2. The second-order valence-corrected chi connectivity index (χ2v) is 6.96. The van der Waals surface area contributed by atoms with Gasteiger partial charge in [-0.15, -0.1) is 0 Å². The summed E-state index contributed by atoms with van der Waals surface area (Å²) in [5.41, 5.74) is 2.77. The number of hydrogen-bond donors (Lipinski definition) is 0. The molecule has 0 fully saturated rings. The third kappa shape index (κ3) is 7.21. The number of likely N-dealkylation sites (N-methyl/N-ethyl adjacent to an activating group) is 1. The molecular weight excluding hydrogens is 300 g/mol. The fourth-order valence-corrected chi connectivity index (χ4v) is 3.06. The molecule has 0 bridgehead atoms. The maximum absolute atomic E-state index is 2.54. The molecule has 0 amide bonds. The second kappa shape index (κ2) is 10.5. The van der Waals surface area contributed by atoms with Gasteiger partial charge in [0.05, 0.1) is 0 Å². The Morgan fingerprint density at radius 2 is 1.26 bits per heavy atom. The van der Waals surface area contributed by atoms with Gasteiger partial charge in [0.25, 0.3) is 0 Å². The largest absolute Gasteiger partial charge is 0.304 e. The van der Waals surface area contributed by atoms with E-state index in [2.05, 4.69) is 83.8 Å². The average Bonchev–Trinajstić information content (AvgIpc) is 2.59. The van der Waals surface area contributed by atoms with Gasteiger partial charge in [-0.25, -0.2) is 0 Å². The first kappa shape index (κ1) is 18.1. The summed E-state index contributed by atoms with van der Waals surface area (Å²) in [4.78, 5) is 4.97. The Labute approximate surface area is 145 Å². The number of benzene rings is 2. The lowest BCUT2D eigenvalue weighted by atomic mass is 10.1. The van der Waals surface area contributed by atoms with Crippen molar-refractivity contribution in [3.63, 3.8) is 0 Å². The average molecular weight is 329 g/mol. The number of hydrogen-bond acceptors (Lipinski definition) is 3. The van der Waals surface area contributed by atoms with Crippen molar-refractivity contribution in [3.8, 4) is 0 Å². The lowest BCUT2D eigenvalue weighted by Gasteiger charge is -2.25. The predicted octanol–water partition coefficient (Wildman–Crippen LogP) is 3.98. The molecule has 124 valence electrons. The lowest BCUT2D eigenvalue weighted by Crippen LogP contribution is -2.33. The Hall–Kier alpha value is -1.29. The minimum atomic E-state index is 1.01. The quantitative estimate of drug-likeness (QED) is 0.651. The first-order valence-electron chi connectivity index (χ1n) is 8.25. The van der Waals surface area contributed by atoms with Gasteiger partial charge >= 0.3 is 0 Å². The fraction of sp³-hybridized carbons (Fsp3) is 0.400. The van der Waals surface area contributed by atoms with E-state index in [0.29, 0.717) is 0 Å². The summed E-state index contributed by atoms with van der Waals surface area (Å²) in [5.74, 6) is 1.20. The van der Waals surface area contributed by atoms with E-state index in [4.69, 9.17) is 0 Å². The summed E-state index contributed by atoms with van der Waals surface area (Å²) in [6, 6.07) is 21.5. The number of rotatable bonds is 10. The molecular formula is C20H28N2S. The van der Waals surface area contributed by atoms with Gasteiger partial charge in [0.2, 0.25) is 0 Å². The smallest absolute Gasteiger partial charge is 0.0237 e. The summed E-state index contributed by atoms with van der Waals surface area (Å²) < 4.78 is 0. The van der Waals surface area contributed by atoms with Crippen molar-refractivity contribution in [2.24, 2.45) is 0 Å². The highest BCUT2D eigenvalue weighted by atomic mass is 32.2. The highest BCUT2D eigenvalue weighted by Gasteiger charge is 2.08. The molecule has 2 aromatic rings. The Kier molecular flexibility index (Phi) is 8.23. The van der Waals surface area contributed by atoms with Gasteiger partial charge in [-0.2, -0.15) is 11.8 Å². The zero-order valence-corrected chi connectivity index (χ0v) is 15.1. The zero-order chi connectivity index (χ0) is 16.3. The van der Waals surface area contributed by atoms with Gasteiger partial charge in [-0.05, 0) is 24.4 Å². The molecule has 3 heteroatoms. The van der Waals surface area contributed by atoms with Crippen molar-refractivity contribution in [1.82, 2.24) is 9.80 Å². The van der Waals surface area contributed by atoms with Crippen LogP contribution in [0.4, 0.5) is 0 Å². The SMILES string of the molecule is CSCCN(C)CCN(Cc1ccccc1)Cc1ccccc1. The van der Waals surface area contributed by atoms with Crippen LogP contribution in [0.5, 0.6) is 0 Å². The summed E-state index contributed by atoms with van der Waals surface area (Å²) in [7, 11) is 2.22. The third-order valence-corrected chi connectivity index (χ3v) is 4.56. The maximum Gasteiger partial charge on any atom is 0.0237 e.